The third-order valence-electron chi connectivity index (χ3n) is 4.19. The molecule has 3 rings (SSSR count). The first-order valence-electron chi connectivity index (χ1n) is 7.87. The summed E-state index contributed by atoms with van der Waals surface area (Å²) in [5.74, 6) is 1.54. The van der Waals surface area contributed by atoms with E-state index in [1.807, 2.05) is 18.2 Å². The third-order valence-corrected chi connectivity index (χ3v) is 5.25. The van der Waals surface area contributed by atoms with Gasteiger partial charge in [0.15, 0.2) is 0 Å². The van der Waals surface area contributed by atoms with Gasteiger partial charge in [0, 0.05) is 24.5 Å². The van der Waals surface area contributed by atoms with Crippen molar-refractivity contribution in [2.45, 2.75) is 37.5 Å². The molecule has 1 fully saturated rings. The molecule has 1 saturated heterocycles. The second-order valence-electron chi connectivity index (χ2n) is 5.82. The third kappa shape index (κ3) is 3.64. The molecule has 0 radical (unpaired) electrons. The smallest absolute Gasteiger partial charge is 0.326 e. The van der Waals surface area contributed by atoms with Crippen LogP contribution in [0, 0.1) is 0 Å². The number of fused-ring (bicyclic) bond motifs is 1. The minimum absolute atomic E-state index is 0.0767. The number of ether oxygens (including phenoxy) is 1. The number of hydrogen-bond acceptors (Lipinski definition) is 4. The Morgan fingerprint density at radius 1 is 1.27 bits per heavy atom. The van der Waals surface area contributed by atoms with Crippen LogP contribution in [0.3, 0.4) is 0 Å². The number of thioether (sulfide) groups is 1. The summed E-state index contributed by atoms with van der Waals surface area (Å²) in [6, 6.07) is 8.11. The van der Waals surface area contributed by atoms with E-state index in [9.17, 15) is 9.59 Å². The molecule has 2 heterocycles. The average Bonchev–Trinajstić information content (AvgIpc) is 2.73. The highest BCUT2D eigenvalue weighted by atomic mass is 32.2. The fraction of sp³-hybridized carbons (Fsp3) is 0.529. The van der Waals surface area contributed by atoms with Gasteiger partial charge in [0.1, 0.15) is 12.6 Å². The largest absolute Gasteiger partial charge is 0.455 e. The highest BCUT2D eigenvalue weighted by Gasteiger charge is 2.26. The molecule has 1 amide bonds. The molecule has 1 aromatic carbocycles. The van der Waals surface area contributed by atoms with E-state index in [0.717, 1.165) is 36.3 Å². The van der Waals surface area contributed by atoms with Gasteiger partial charge in [-0.1, -0.05) is 30.7 Å². The van der Waals surface area contributed by atoms with Crippen LogP contribution in [0.25, 0.3) is 0 Å². The summed E-state index contributed by atoms with van der Waals surface area (Å²) in [6.45, 7) is 0.756. The van der Waals surface area contributed by atoms with E-state index < -0.39 is 0 Å². The van der Waals surface area contributed by atoms with Crippen molar-refractivity contribution >= 4 is 23.6 Å². The lowest BCUT2D eigenvalue weighted by atomic mass is 10.0. The summed E-state index contributed by atoms with van der Waals surface area (Å²) in [6.07, 6.45) is 3.32. The first kappa shape index (κ1) is 15.4. The quantitative estimate of drug-likeness (QED) is 0.804. The van der Waals surface area contributed by atoms with Crippen molar-refractivity contribution in [2.24, 2.45) is 0 Å². The maximum atomic E-state index is 12.2. The molecule has 4 nitrogen and oxygen atoms in total. The van der Waals surface area contributed by atoms with Gasteiger partial charge in [-0.15, -0.1) is 0 Å². The van der Waals surface area contributed by atoms with E-state index in [4.69, 9.17) is 4.74 Å². The number of carbonyl (C=O) groups excluding carboxylic acids is 2. The molecule has 2 aliphatic rings. The number of nitrogens with zero attached hydrogens (tertiary/aromatic N) is 1. The number of amides is 1. The zero-order chi connectivity index (χ0) is 15.4. The Morgan fingerprint density at radius 3 is 3.05 bits per heavy atom. The maximum absolute atomic E-state index is 12.2. The second kappa shape index (κ2) is 7.18. The van der Waals surface area contributed by atoms with E-state index in [2.05, 4.69) is 6.07 Å². The zero-order valence-corrected chi connectivity index (χ0v) is 13.4. The predicted molar refractivity (Wildman–Crippen MR) is 86.5 cm³/mol. The van der Waals surface area contributed by atoms with Crippen LogP contribution in [0.2, 0.25) is 0 Å². The van der Waals surface area contributed by atoms with Gasteiger partial charge >= 0.3 is 5.97 Å². The van der Waals surface area contributed by atoms with Crippen LogP contribution in [0.5, 0.6) is 0 Å². The molecule has 0 unspecified atom stereocenters. The first-order valence-corrected chi connectivity index (χ1v) is 9.02. The van der Waals surface area contributed by atoms with Crippen LogP contribution in [0.1, 0.15) is 42.9 Å². The van der Waals surface area contributed by atoms with Gasteiger partial charge in [-0.2, -0.15) is 11.8 Å². The fourth-order valence-electron chi connectivity index (χ4n) is 3.00. The summed E-state index contributed by atoms with van der Waals surface area (Å²) in [5.41, 5.74) is 2.35. The normalized spacial score (nSPS) is 21.9. The Bertz CT molecular complexity index is 561. The van der Waals surface area contributed by atoms with E-state index in [1.165, 1.54) is 5.56 Å². The Morgan fingerprint density at radius 2 is 2.14 bits per heavy atom. The van der Waals surface area contributed by atoms with Crippen molar-refractivity contribution in [3.8, 4) is 0 Å². The SMILES string of the molecule is O=C(CN1CCCCCC1=O)O[C@@H]1CSCc2ccccc21. The van der Waals surface area contributed by atoms with E-state index in [1.54, 1.807) is 16.7 Å². The van der Waals surface area contributed by atoms with Gasteiger partial charge < -0.3 is 9.64 Å². The van der Waals surface area contributed by atoms with Crippen molar-refractivity contribution in [1.82, 2.24) is 4.90 Å². The maximum Gasteiger partial charge on any atom is 0.326 e. The number of rotatable bonds is 3. The molecule has 0 aromatic heterocycles. The van der Waals surface area contributed by atoms with Crippen molar-refractivity contribution in [1.29, 1.82) is 0 Å². The van der Waals surface area contributed by atoms with Crippen molar-refractivity contribution in [3.05, 3.63) is 35.4 Å². The Hall–Kier alpha value is -1.49. The molecule has 0 N–H and O–H groups in total. The molecule has 0 spiro atoms. The molecule has 0 saturated carbocycles. The van der Waals surface area contributed by atoms with Crippen molar-refractivity contribution in [2.75, 3.05) is 18.8 Å². The molecular formula is C17H21NO3S. The number of carbonyl (C=O) groups is 2. The molecule has 0 aliphatic carbocycles. The number of benzene rings is 1. The van der Waals surface area contributed by atoms with Crippen LogP contribution in [0.15, 0.2) is 24.3 Å². The minimum atomic E-state index is -0.294. The van der Waals surface area contributed by atoms with Crippen LogP contribution in [-0.2, 0) is 20.1 Å². The van der Waals surface area contributed by atoms with Crippen LogP contribution in [-0.4, -0.2) is 35.6 Å². The Kier molecular flexibility index (Phi) is 5.03. The van der Waals surface area contributed by atoms with Crippen LogP contribution >= 0.6 is 11.8 Å². The van der Waals surface area contributed by atoms with Gasteiger partial charge in [-0.3, -0.25) is 9.59 Å². The first-order chi connectivity index (χ1) is 10.7. The number of esters is 1. The Labute approximate surface area is 135 Å². The lowest BCUT2D eigenvalue weighted by Crippen LogP contribution is -2.36. The summed E-state index contributed by atoms with van der Waals surface area (Å²) >= 11 is 1.78. The van der Waals surface area contributed by atoms with E-state index in [0.29, 0.717) is 13.0 Å². The molecule has 1 atom stereocenters. The number of likely N-dealkylation sites (tertiary alicyclic amines) is 1. The summed E-state index contributed by atoms with van der Waals surface area (Å²) in [4.78, 5) is 25.8. The minimum Gasteiger partial charge on any atom is -0.455 e. The summed E-state index contributed by atoms with van der Waals surface area (Å²) in [5, 5.41) is 0. The average molecular weight is 319 g/mol. The standard InChI is InChI=1S/C17H21NO3S/c19-16-8-2-1-5-9-18(16)10-17(20)21-15-12-22-11-13-6-3-4-7-14(13)15/h3-4,6-7,15H,1-2,5,8-12H2/t15-/m1/s1. The predicted octanol–water partition coefficient (Wildman–Crippen LogP) is 2.92. The molecule has 22 heavy (non-hydrogen) atoms. The molecule has 118 valence electrons. The fourth-order valence-corrected chi connectivity index (χ4v) is 4.06. The van der Waals surface area contributed by atoms with Crippen LogP contribution < -0.4 is 0 Å². The molecule has 5 heteroatoms. The summed E-state index contributed by atoms with van der Waals surface area (Å²) in [7, 11) is 0. The van der Waals surface area contributed by atoms with Gasteiger partial charge in [0.05, 0.1) is 0 Å². The van der Waals surface area contributed by atoms with Crippen LogP contribution in [0.4, 0.5) is 0 Å². The lowest BCUT2D eigenvalue weighted by molar-refractivity contribution is -0.153. The molecule has 1 aromatic rings. The van der Waals surface area contributed by atoms with Gasteiger partial charge in [0.25, 0.3) is 0 Å². The van der Waals surface area contributed by atoms with Gasteiger partial charge in [-0.25, -0.2) is 0 Å². The summed E-state index contributed by atoms with van der Waals surface area (Å²) < 4.78 is 5.66. The van der Waals surface area contributed by atoms with Gasteiger partial charge in [-0.05, 0) is 24.0 Å². The number of hydrogen-bond donors (Lipinski definition) is 0. The highest BCUT2D eigenvalue weighted by Crippen LogP contribution is 2.33. The topological polar surface area (TPSA) is 46.6 Å². The van der Waals surface area contributed by atoms with Crippen molar-refractivity contribution < 1.29 is 14.3 Å². The zero-order valence-electron chi connectivity index (χ0n) is 12.6. The van der Waals surface area contributed by atoms with Gasteiger partial charge in [0.2, 0.25) is 5.91 Å². The molecular weight excluding hydrogens is 298 g/mol. The van der Waals surface area contributed by atoms with E-state index >= 15 is 0 Å². The van der Waals surface area contributed by atoms with E-state index in [-0.39, 0.29) is 24.5 Å². The Balaban J connectivity index is 1.61. The van der Waals surface area contributed by atoms with Crippen molar-refractivity contribution in [3.63, 3.8) is 0 Å². The highest BCUT2D eigenvalue weighted by molar-refractivity contribution is 7.98. The monoisotopic (exact) mass is 319 g/mol. The molecule has 2 aliphatic heterocycles. The lowest BCUT2D eigenvalue weighted by Gasteiger charge is -2.26. The molecule has 0 bridgehead atoms. The second-order valence-corrected chi connectivity index (χ2v) is 6.85.